The maximum atomic E-state index is 12.4. The minimum Gasteiger partial charge on any atom is -0.433 e. The molecule has 0 aromatic heterocycles. The molecule has 2 N–H and O–H groups in total. The monoisotopic (exact) mass is 350 g/mol. The van der Waals surface area contributed by atoms with E-state index in [1.54, 1.807) is 18.2 Å². The molecule has 0 unspecified atom stereocenters. The number of halogens is 2. The fourth-order valence-corrected chi connectivity index (χ4v) is 2.42. The Hall–Kier alpha value is -2.21. The van der Waals surface area contributed by atoms with E-state index >= 15 is 0 Å². The Morgan fingerprint density at radius 3 is 2.46 bits per heavy atom. The van der Waals surface area contributed by atoms with Crippen molar-refractivity contribution in [3.8, 4) is 5.75 Å². The van der Waals surface area contributed by atoms with Crippen molar-refractivity contribution >= 4 is 28.7 Å². The van der Waals surface area contributed by atoms with Crippen LogP contribution in [0.15, 0.2) is 48.5 Å². The van der Waals surface area contributed by atoms with Gasteiger partial charge in [0.05, 0.1) is 5.69 Å². The number of ether oxygens (including phenoxy) is 1. The van der Waals surface area contributed by atoms with Crippen LogP contribution in [0.5, 0.6) is 5.75 Å². The largest absolute Gasteiger partial charge is 0.433 e. The summed E-state index contributed by atoms with van der Waals surface area (Å²) in [5.74, 6) is 0.0477. The fourth-order valence-electron chi connectivity index (χ4n) is 2.19. The van der Waals surface area contributed by atoms with E-state index in [1.807, 2.05) is 12.1 Å². The Balaban J connectivity index is 1.96. The number of aryl methyl sites for hydroxylation is 1. The standard InChI is InChI=1S/C18H20F2N2OS/c1-2-3-6-13-9-11-14(12-10-13)21-18(24)22-15-7-4-5-8-16(15)23-17(19)20/h4-5,7-12,17H,2-3,6H2,1H3,(H2,21,22,24). The summed E-state index contributed by atoms with van der Waals surface area (Å²) < 4.78 is 29.3. The lowest BCUT2D eigenvalue weighted by Crippen LogP contribution is -2.19. The Morgan fingerprint density at radius 2 is 1.79 bits per heavy atom. The number of unbranched alkanes of at least 4 members (excludes halogenated alkanes) is 1. The van der Waals surface area contributed by atoms with Gasteiger partial charge in [-0.3, -0.25) is 0 Å². The third kappa shape index (κ3) is 5.77. The molecule has 0 aliphatic carbocycles. The summed E-state index contributed by atoms with van der Waals surface area (Å²) in [6.07, 6.45) is 3.37. The quantitative estimate of drug-likeness (QED) is 0.652. The van der Waals surface area contributed by atoms with Gasteiger partial charge in [0.25, 0.3) is 0 Å². The lowest BCUT2D eigenvalue weighted by atomic mass is 10.1. The highest BCUT2D eigenvalue weighted by molar-refractivity contribution is 7.80. The second-order valence-corrected chi connectivity index (χ2v) is 5.66. The van der Waals surface area contributed by atoms with Gasteiger partial charge in [-0.25, -0.2) is 0 Å². The first-order valence-corrected chi connectivity index (χ1v) is 8.20. The summed E-state index contributed by atoms with van der Waals surface area (Å²) in [7, 11) is 0. The van der Waals surface area contributed by atoms with Crippen LogP contribution in [0.4, 0.5) is 20.2 Å². The van der Waals surface area contributed by atoms with E-state index in [2.05, 4.69) is 34.4 Å². The zero-order valence-electron chi connectivity index (χ0n) is 13.4. The van der Waals surface area contributed by atoms with E-state index < -0.39 is 6.61 Å². The molecule has 3 nitrogen and oxygen atoms in total. The number of anilines is 2. The third-order valence-corrected chi connectivity index (χ3v) is 3.59. The van der Waals surface area contributed by atoms with Crippen LogP contribution in [0, 0.1) is 0 Å². The second-order valence-electron chi connectivity index (χ2n) is 5.25. The van der Waals surface area contributed by atoms with Crippen molar-refractivity contribution in [2.24, 2.45) is 0 Å². The predicted molar refractivity (Wildman–Crippen MR) is 98.0 cm³/mol. The first kappa shape index (κ1) is 18.1. The van der Waals surface area contributed by atoms with Crippen LogP contribution in [0.25, 0.3) is 0 Å². The maximum Gasteiger partial charge on any atom is 0.387 e. The second kappa shape index (κ2) is 9.17. The van der Waals surface area contributed by atoms with E-state index in [4.69, 9.17) is 12.2 Å². The Kier molecular flexibility index (Phi) is 6.93. The molecule has 0 heterocycles. The first-order valence-electron chi connectivity index (χ1n) is 7.79. The molecule has 0 amide bonds. The van der Waals surface area contributed by atoms with Crippen molar-refractivity contribution < 1.29 is 13.5 Å². The molecule has 2 aromatic rings. The molecule has 0 bridgehead atoms. The van der Waals surface area contributed by atoms with Gasteiger partial charge in [-0.15, -0.1) is 0 Å². The van der Waals surface area contributed by atoms with Gasteiger partial charge in [-0.2, -0.15) is 8.78 Å². The summed E-state index contributed by atoms with van der Waals surface area (Å²) in [6.45, 7) is -0.722. The summed E-state index contributed by atoms with van der Waals surface area (Å²) >= 11 is 5.23. The predicted octanol–water partition coefficient (Wildman–Crippen LogP) is 5.44. The van der Waals surface area contributed by atoms with Crippen LogP contribution in [0.1, 0.15) is 25.3 Å². The molecule has 0 spiro atoms. The van der Waals surface area contributed by atoms with Gasteiger partial charge in [0, 0.05) is 5.69 Å². The van der Waals surface area contributed by atoms with Crippen molar-refractivity contribution in [2.75, 3.05) is 10.6 Å². The van der Waals surface area contributed by atoms with Crippen LogP contribution in [-0.4, -0.2) is 11.7 Å². The van der Waals surface area contributed by atoms with E-state index in [0.29, 0.717) is 10.8 Å². The molecular weight excluding hydrogens is 330 g/mol. The van der Waals surface area contributed by atoms with Crippen molar-refractivity contribution in [1.29, 1.82) is 0 Å². The van der Waals surface area contributed by atoms with Crippen molar-refractivity contribution in [3.63, 3.8) is 0 Å². The van der Waals surface area contributed by atoms with E-state index in [-0.39, 0.29) is 5.75 Å². The van der Waals surface area contributed by atoms with Gasteiger partial charge in [0.1, 0.15) is 5.75 Å². The highest BCUT2D eigenvalue weighted by atomic mass is 32.1. The SMILES string of the molecule is CCCCc1ccc(NC(=S)Nc2ccccc2OC(F)F)cc1. The van der Waals surface area contributed by atoms with Gasteiger partial charge in [0.15, 0.2) is 5.11 Å². The number of para-hydroxylation sites is 2. The topological polar surface area (TPSA) is 33.3 Å². The number of nitrogens with one attached hydrogen (secondary N) is 2. The van der Waals surface area contributed by atoms with E-state index in [1.165, 1.54) is 11.6 Å². The number of hydrogen-bond acceptors (Lipinski definition) is 2. The van der Waals surface area contributed by atoms with Gasteiger partial charge in [0.2, 0.25) is 0 Å². The molecule has 0 atom stereocenters. The van der Waals surface area contributed by atoms with Gasteiger partial charge in [-0.05, 0) is 54.9 Å². The fraction of sp³-hybridized carbons (Fsp3) is 0.278. The van der Waals surface area contributed by atoms with Gasteiger partial charge >= 0.3 is 6.61 Å². The molecule has 2 rings (SSSR count). The number of alkyl halides is 2. The molecule has 0 fully saturated rings. The van der Waals surface area contributed by atoms with Crippen molar-refractivity contribution in [1.82, 2.24) is 0 Å². The average Bonchev–Trinajstić information content (AvgIpc) is 2.55. The smallest absolute Gasteiger partial charge is 0.387 e. The molecule has 2 aromatic carbocycles. The minimum absolute atomic E-state index is 0.0477. The average molecular weight is 350 g/mol. The van der Waals surface area contributed by atoms with Gasteiger partial charge in [-0.1, -0.05) is 37.6 Å². The van der Waals surface area contributed by atoms with Gasteiger partial charge < -0.3 is 15.4 Å². The van der Waals surface area contributed by atoms with Crippen LogP contribution in [0.2, 0.25) is 0 Å². The Morgan fingerprint density at radius 1 is 1.08 bits per heavy atom. The molecule has 0 radical (unpaired) electrons. The molecule has 24 heavy (non-hydrogen) atoms. The molecule has 128 valence electrons. The van der Waals surface area contributed by atoms with Crippen molar-refractivity contribution in [3.05, 3.63) is 54.1 Å². The Labute approximate surface area is 146 Å². The number of benzene rings is 2. The molecule has 0 saturated carbocycles. The third-order valence-electron chi connectivity index (χ3n) is 3.38. The van der Waals surface area contributed by atoms with Crippen LogP contribution >= 0.6 is 12.2 Å². The van der Waals surface area contributed by atoms with Crippen LogP contribution in [-0.2, 0) is 6.42 Å². The molecule has 6 heteroatoms. The molecular formula is C18H20F2N2OS. The Bertz CT molecular complexity index is 662. The summed E-state index contributed by atoms with van der Waals surface area (Å²) in [6, 6.07) is 14.4. The van der Waals surface area contributed by atoms with Crippen LogP contribution < -0.4 is 15.4 Å². The molecule has 0 aliphatic heterocycles. The maximum absolute atomic E-state index is 12.4. The minimum atomic E-state index is -2.88. The summed E-state index contributed by atoms with van der Waals surface area (Å²) in [5.41, 5.74) is 2.49. The lowest BCUT2D eigenvalue weighted by Gasteiger charge is -2.14. The highest BCUT2D eigenvalue weighted by Crippen LogP contribution is 2.25. The van der Waals surface area contributed by atoms with Crippen LogP contribution in [0.3, 0.4) is 0 Å². The molecule has 0 saturated heterocycles. The molecule has 0 aliphatic rings. The normalized spacial score (nSPS) is 10.5. The van der Waals surface area contributed by atoms with E-state index in [9.17, 15) is 8.78 Å². The zero-order valence-corrected chi connectivity index (χ0v) is 14.2. The first-order chi connectivity index (χ1) is 11.6. The van der Waals surface area contributed by atoms with E-state index in [0.717, 1.165) is 24.9 Å². The van der Waals surface area contributed by atoms with Crippen molar-refractivity contribution in [2.45, 2.75) is 32.8 Å². The highest BCUT2D eigenvalue weighted by Gasteiger charge is 2.10. The summed E-state index contributed by atoms with van der Waals surface area (Å²) in [5, 5.41) is 6.21. The number of thiocarbonyl (C=S) groups is 1. The number of rotatable bonds is 7. The summed E-state index contributed by atoms with van der Waals surface area (Å²) in [4.78, 5) is 0. The lowest BCUT2D eigenvalue weighted by molar-refractivity contribution is -0.0493. The number of hydrogen-bond donors (Lipinski definition) is 2. The zero-order chi connectivity index (χ0) is 17.4.